The van der Waals surface area contributed by atoms with Crippen molar-refractivity contribution in [1.29, 1.82) is 0 Å². The number of alkyl halides is 2. The number of halogens is 2. The zero-order valence-electron chi connectivity index (χ0n) is 21.6. The van der Waals surface area contributed by atoms with Crippen LogP contribution in [0.15, 0.2) is 24.5 Å². The maximum absolute atomic E-state index is 13.6. The monoisotopic (exact) mass is 527 g/mol. The predicted octanol–water partition coefficient (Wildman–Crippen LogP) is 4.03. The van der Waals surface area contributed by atoms with Gasteiger partial charge in [-0.15, -0.1) is 0 Å². The van der Waals surface area contributed by atoms with Crippen LogP contribution < -0.4 is 10.1 Å². The first-order chi connectivity index (χ1) is 18.3. The van der Waals surface area contributed by atoms with Crippen molar-refractivity contribution in [3.05, 3.63) is 41.3 Å². The molecule has 2 atom stereocenters. The van der Waals surface area contributed by atoms with Gasteiger partial charge in [0.2, 0.25) is 5.91 Å². The van der Waals surface area contributed by atoms with Crippen LogP contribution in [-0.4, -0.2) is 70.6 Å². The van der Waals surface area contributed by atoms with E-state index in [4.69, 9.17) is 9.47 Å². The number of aromatic nitrogens is 3. The summed E-state index contributed by atoms with van der Waals surface area (Å²) in [5.74, 6) is 0.483. The van der Waals surface area contributed by atoms with Gasteiger partial charge in [-0.1, -0.05) is 0 Å². The number of nitrogens with zero attached hydrogens (tertiary/aromatic N) is 3. The molecular weight excluding hydrogens is 496 g/mol. The Morgan fingerprint density at radius 3 is 2.76 bits per heavy atom. The number of aryl methyl sites for hydroxylation is 1. The van der Waals surface area contributed by atoms with Gasteiger partial charge in [-0.3, -0.25) is 9.59 Å². The molecule has 5 rings (SSSR count). The number of carbonyl (C=O) groups excluding carboxylic acids is 2. The summed E-state index contributed by atoms with van der Waals surface area (Å²) in [6, 6.07) is 4.03. The molecule has 0 spiro atoms. The van der Waals surface area contributed by atoms with Gasteiger partial charge in [-0.25, -0.2) is 18.7 Å². The highest BCUT2D eigenvalue weighted by atomic mass is 19.3. The summed E-state index contributed by atoms with van der Waals surface area (Å²) >= 11 is 0. The van der Waals surface area contributed by atoms with Gasteiger partial charge in [-0.05, 0) is 57.2 Å². The van der Waals surface area contributed by atoms with Crippen molar-refractivity contribution in [1.82, 2.24) is 25.2 Å². The first-order valence-corrected chi connectivity index (χ1v) is 12.7. The number of rotatable bonds is 9. The average Bonchev–Trinajstić information content (AvgIpc) is 3.55. The summed E-state index contributed by atoms with van der Waals surface area (Å²) in [4.78, 5) is 39.4. The number of fused-ring (bicyclic) bond motifs is 1. The lowest BCUT2D eigenvalue weighted by atomic mass is 10.0. The van der Waals surface area contributed by atoms with Crippen LogP contribution in [0, 0.1) is 12.8 Å². The third-order valence-corrected chi connectivity index (χ3v) is 7.18. The lowest BCUT2D eigenvalue weighted by molar-refractivity contribution is -0.135. The largest absolute Gasteiger partial charge is 0.493 e. The molecule has 11 heteroatoms. The number of hydrogen-bond donors (Lipinski definition) is 2. The van der Waals surface area contributed by atoms with E-state index in [9.17, 15) is 18.4 Å². The molecule has 1 aliphatic carbocycles. The highest BCUT2D eigenvalue weighted by Crippen LogP contribution is 2.38. The highest BCUT2D eigenvalue weighted by Gasteiger charge is 2.34. The van der Waals surface area contributed by atoms with Crippen molar-refractivity contribution < 1.29 is 27.8 Å². The normalized spacial score (nSPS) is 19.4. The molecule has 0 unspecified atom stereocenters. The zero-order chi connectivity index (χ0) is 27.0. The smallest absolute Gasteiger partial charge is 0.263 e. The summed E-state index contributed by atoms with van der Waals surface area (Å²) in [5, 5.41) is 3.03. The Labute approximate surface area is 218 Å². The molecule has 3 heterocycles. The Hall–Kier alpha value is -3.60. The fourth-order valence-corrected chi connectivity index (χ4v) is 5.04. The first-order valence-electron chi connectivity index (χ1n) is 12.7. The quantitative estimate of drug-likeness (QED) is 0.435. The van der Waals surface area contributed by atoms with Gasteiger partial charge in [0.05, 0.1) is 17.7 Å². The second-order valence-corrected chi connectivity index (χ2v) is 10.1. The zero-order valence-corrected chi connectivity index (χ0v) is 21.6. The lowest BCUT2D eigenvalue weighted by Crippen LogP contribution is -2.40. The number of likely N-dealkylation sites (tertiary alicyclic amines) is 1. The van der Waals surface area contributed by atoms with Crippen LogP contribution >= 0.6 is 0 Å². The number of H-pyrrole nitrogens is 1. The number of methoxy groups -OCH3 is 1. The van der Waals surface area contributed by atoms with Crippen molar-refractivity contribution in [3.63, 3.8) is 0 Å². The van der Waals surface area contributed by atoms with E-state index in [1.54, 1.807) is 17.9 Å². The van der Waals surface area contributed by atoms with Gasteiger partial charge in [0.15, 0.2) is 0 Å². The van der Waals surface area contributed by atoms with E-state index in [1.807, 2.05) is 6.92 Å². The molecule has 38 heavy (non-hydrogen) atoms. The summed E-state index contributed by atoms with van der Waals surface area (Å²) in [6.45, 7) is 4.58. The Bertz CT molecular complexity index is 1360. The van der Waals surface area contributed by atoms with Crippen LogP contribution in [0.5, 0.6) is 5.75 Å². The van der Waals surface area contributed by atoms with Crippen LogP contribution in [-0.2, 0) is 9.53 Å². The minimum Gasteiger partial charge on any atom is -0.493 e. The van der Waals surface area contributed by atoms with E-state index in [0.29, 0.717) is 64.8 Å². The number of hydrogen-bond acceptors (Lipinski definition) is 6. The van der Waals surface area contributed by atoms with Gasteiger partial charge in [-0.2, -0.15) is 0 Å². The van der Waals surface area contributed by atoms with E-state index in [0.717, 1.165) is 12.8 Å². The molecule has 9 nitrogen and oxygen atoms in total. The maximum atomic E-state index is 13.6. The number of benzene rings is 1. The molecule has 3 aromatic rings. The van der Waals surface area contributed by atoms with Gasteiger partial charge in [0.1, 0.15) is 29.9 Å². The second-order valence-electron chi connectivity index (χ2n) is 10.1. The van der Waals surface area contributed by atoms with Crippen LogP contribution in [0.4, 0.5) is 8.78 Å². The van der Waals surface area contributed by atoms with Crippen molar-refractivity contribution in [3.8, 4) is 17.0 Å². The number of nitrogens with one attached hydrogen (secondary N) is 2. The highest BCUT2D eigenvalue weighted by molar-refractivity contribution is 6.09. The van der Waals surface area contributed by atoms with Crippen molar-refractivity contribution >= 4 is 22.8 Å². The summed E-state index contributed by atoms with van der Waals surface area (Å²) in [5.41, 5.74) is 2.44. The Morgan fingerprint density at radius 1 is 1.26 bits per heavy atom. The molecular formula is C27H31F2N5O4. The molecule has 1 saturated heterocycles. The van der Waals surface area contributed by atoms with Gasteiger partial charge in [0, 0.05) is 42.6 Å². The Morgan fingerprint density at radius 2 is 2.05 bits per heavy atom. The summed E-state index contributed by atoms with van der Waals surface area (Å²) in [6.07, 6.45) is 1.47. The SMILES string of the molecule is COCC(=O)N1C[C@H](NC(=O)c2c(C)[nH]c3c(-c4cc(C(F)F)ccc4OCC4CC4)ncnc23)C[C@@H]1C. The van der Waals surface area contributed by atoms with E-state index < -0.39 is 6.43 Å². The summed E-state index contributed by atoms with van der Waals surface area (Å²) in [7, 11) is 1.47. The van der Waals surface area contributed by atoms with Gasteiger partial charge >= 0.3 is 0 Å². The topological polar surface area (TPSA) is 109 Å². The maximum Gasteiger partial charge on any atom is 0.263 e. The van der Waals surface area contributed by atoms with E-state index in [1.165, 1.54) is 25.6 Å². The van der Waals surface area contributed by atoms with Crippen LogP contribution in [0.2, 0.25) is 0 Å². The van der Waals surface area contributed by atoms with Gasteiger partial charge < -0.3 is 24.7 Å². The Balaban J connectivity index is 1.45. The molecule has 2 aromatic heterocycles. The molecule has 0 bridgehead atoms. The minimum atomic E-state index is -2.65. The number of amides is 2. The third-order valence-electron chi connectivity index (χ3n) is 7.18. The minimum absolute atomic E-state index is 0.00855. The van der Waals surface area contributed by atoms with E-state index >= 15 is 0 Å². The van der Waals surface area contributed by atoms with E-state index in [2.05, 4.69) is 20.3 Å². The number of aromatic amines is 1. The standard InChI is InChI=1S/C27H31F2N5O4/c1-14-8-18(10-34(14)21(35)12-37-3)33-27(36)22-15(2)32-25-23(30-13-31-24(22)25)19-9-17(26(28)29)6-7-20(19)38-11-16-4-5-16/h6-7,9,13-14,16,18,26,32H,4-5,8,10-12H2,1-3H3,(H,33,36)/t14-,18+/m0/s1. The molecule has 0 radical (unpaired) electrons. The van der Waals surface area contributed by atoms with Crippen LogP contribution in [0.3, 0.4) is 0 Å². The molecule has 1 aliphatic heterocycles. The van der Waals surface area contributed by atoms with Crippen LogP contribution in [0.1, 0.15) is 54.2 Å². The summed E-state index contributed by atoms with van der Waals surface area (Å²) < 4.78 is 38.1. The number of carbonyl (C=O) groups is 2. The fourth-order valence-electron chi connectivity index (χ4n) is 5.04. The second kappa shape index (κ2) is 10.6. The Kier molecular flexibility index (Phi) is 7.29. The fraction of sp³-hybridized carbons (Fsp3) is 0.481. The predicted molar refractivity (Wildman–Crippen MR) is 136 cm³/mol. The van der Waals surface area contributed by atoms with Crippen LogP contribution in [0.25, 0.3) is 22.3 Å². The van der Waals surface area contributed by atoms with Crippen molar-refractivity contribution in [2.75, 3.05) is 26.9 Å². The molecule has 2 aliphatic rings. The van der Waals surface area contributed by atoms with Crippen molar-refractivity contribution in [2.45, 2.75) is 51.6 Å². The number of ether oxygens (including phenoxy) is 2. The molecule has 2 fully saturated rings. The molecule has 2 amide bonds. The average molecular weight is 528 g/mol. The lowest BCUT2D eigenvalue weighted by Gasteiger charge is -2.20. The first kappa shape index (κ1) is 26.0. The molecule has 1 saturated carbocycles. The van der Waals surface area contributed by atoms with Gasteiger partial charge in [0.25, 0.3) is 12.3 Å². The molecule has 1 aromatic carbocycles. The molecule has 202 valence electrons. The van der Waals surface area contributed by atoms with Crippen molar-refractivity contribution in [2.24, 2.45) is 5.92 Å². The third kappa shape index (κ3) is 5.20. The molecule has 2 N–H and O–H groups in total. The van der Waals surface area contributed by atoms with E-state index in [-0.39, 0.29) is 36.1 Å².